The number of hydrogen-bond donors (Lipinski definition) is 0. The van der Waals surface area contributed by atoms with E-state index in [1.807, 2.05) is 14.0 Å². The predicted octanol–water partition coefficient (Wildman–Crippen LogP) is 7.15. The number of benzene rings is 3. The van der Waals surface area contributed by atoms with Crippen LogP contribution in [0.25, 0.3) is 44.1 Å². The number of pyridine rings is 1. The quantitative estimate of drug-likeness (QED) is 0.202. The summed E-state index contributed by atoms with van der Waals surface area (Å²) >= 11 is 0. The van der Waals surface area contributed by atoms with Gasteiger partial charge in [-0.25, -0.2) is 4.39 Å². The van der Waals surface area contributed by atoms with Crippen LogP contribution in [0.5, 0.6) is 0 Å². The number of fused-ring (bicyclic) bond motifs is 4. The molecule has 0 unspecified atom stereocenters. The molecule has 5 aromatic rings. The Hall–Kier alpha value is -2.98. The standard InChI is InChI=1S/C29H31FNOSi/c1-16-9-10-21-24(13-16)31(5)25(15-26(21)33(6,7)8)27-18(3)17(2)14-22-20-11-12-23(30)19(4)28(20)32-29(22)27/h9-15H,1-8H3/q+1/i2D3. The molecule has 168 valence electrons. The molecule has 0 radical (unpaired) electrons. The maximum absolute atomic E-state index is 14.5. The van der Waals surface area contributed by atoms with Crippen LogP contribution in [0.4, 0.5) is 4.39 Å². The van der Waals surface area contributed by atoms with Crippen molar-refractivity contribution in [2.24, 2.45) is 7.05 Å². The average molecular weight is 460 g/mol. The van der Waals surface area contributed by atoms with Crippen LogP contribution in [0.1, 0.15) is 26.4 Å². The lowest BCUT2D eigenvalue weighted by Gasteiger charge is -2.20. The van der Waals surface area contributed by atoms with Gasteiger partial charge >= 0.3 is 0 Å². The second kappa shape index (κ2) is 7.26. The summed E-state index contributed by atoms with van der Waals surface area (Å²) in [5.41, 5.74) is 6.31. The van der Waals surface area contributed by atoms with Crippen molar-refractivity contribution in [1.29, 1.82) is 0 Å². The summed E-state index contributed by atoms with van der Waals surface area (Å²) in [6.07, 6.45) is 0. The van der Waals surface area contributed by atoms with Crippen molar-refractivity contribution < 1.29 is 17.5 Å². The van der Waals surface area contributed by atoms with E-state index in [0.717, 1.165) is 27.7 Å². The maximum Gasteiger partial charge on any atom is 0.216 e. The third-order valence-corrected chi connectivity index (χ3v) is 8.91. The molecule has 2 heterocycles. The number of aromatic nitrogens is 1. The molecule has 0 bridgehead atoms. The fourth-order valence-corrected chi connectivity index (χ4v) is 6.52. The van der Waals surface area contributed by atoms with E-state index in [2.05, 4.69) is 55.4 Å². The largest absolute Gasteiger partial charge is 0.455 e. The first-order valence-corrected chi connectivity index (χ1v) is 14.8. The molecule has 2 nitrogen and oxygen atoms in total. The van der Waals surface area contributed by atoms with Crippen molar-refractivity contribution in [3.8, 4) is 11.3 Å². The molecule has 0 atom stereocenters. The molecule has 5 rings (SSSR count). The Labute approximate surface area is 199 Å². The van der Waals surface area contributed by atoms with Gasteiger partial charge in [-0.1, -0.05) is 25.7 Å². The van der Waals surface area contributed by atoms with Crippen molar-refractivity contribution in [3.05, 3.63) is 70.5 Å². The van der Waals surface area contributed by atoms with E-state index < -0.39 is 14.9 Å². The number of nitrogens with zero attached hydrogens (tertiary/aromatic N) is 1. The zero-order valence-electron chi connectivity index (χ0n) is 23.3. The van der Waals surface area contributed by atoms with Gasteiger partial charge in [-0.2, -0.15) is 4.57 Å². The van der Waals surface area contributed by atoms with Crippen molar-refractivity contribution in [2.75, 3.05) is 0 Å². The average Bonchev–Trinajstić information content (AvgIpc) is 3.14. The molecule has 0 N–H and O–H groups in total. The van der Waals surface area contributed by atoms with E-state index in [-0.39, 0.29) is 11.4 Å². The van der Waals surface area contributed by atoms with Gasteiger partial charge in [-0.05, 0) is 73.8 Å². The minimum Gasteiger partial charge on any atom is -0.455 e. The van der Waals surface area contributed by atoms with Gasteiger partial charge in [0, 0.05) is 38.0 Å². The SMILES string of the molecule is [2H]C([2H])([2H])c1cc2c(oc3c(C)c(F)ccc32)c(-c2cc([Si](C)(C)C)c3ccc(C)cc3[n+]2C)c1C. The van der Waals surface area contributed by atoms with E-state index in [9.17, 15) is 4.39 Å². The van der Waals surface area contributed by atoms with Gasteiger partial charge in [0.15, 0.2) is 0 Å². The molecule has 4 heteroatoms. The normalized spacial score (nSPS) is 14.1. The fourth-order valence-electron chi connectivity index (χ4n) is 4.93. The minimum absolute atomic E-state index is 0.286. The lowest BCUT2D eigenvalue weighted by atomic mass is 9.95. The molecular weight excluding hydrogens is 425 g/mol. The molecule has 0 saturated carbocycles. The van der Waals surface area contributed by atoms with Crippen LogP contribution >= 0.6 is 0 Å². The molecule has 0 saturated heterocycles. The van der Waals surface area contributed by atoms with E-state index in [1.165, 1.54) is 16.6 Å². The molecule has 0 aliphatic carbocycles. The highest BCUT2D eigenvalue weighted by atomic mass is 28.3. The number of hydrogen-bond acceptors (Lipinski definition) is 1. The fraction of sp³-hybridized carbons (Fsp3) is 0.276. The highest BCUT2D eigenvalue weighted by Gasteiger charge is 2.29. The second-order valence-electron chi connectivity index (χ2n) is 10.2. The summed E-state index contributed by atoms with van der Waals surface area (Å²) in [6.45, 7) is 10.3. The van der Waals surface area contributed by atoms with E-state index in [0.29, 0.717) is 27.7 Å². The number of rotatable bonds is 2. The zero-order chi connectivity index (χ0) is 26.3. The summed E-state index contributed by atoms with van der Waals surface area (Å²) in [5.74, 6) is -0.344. The smallest absolute Gasteiger partial charge is 0.216 e. The van der Waals surface area contributed by atoms with Gasteiger partial charge < -0.3 is 4.42 Å². The van der Waals surface area contributed by atoms with Gasteiger partial charge in [0.05, 0.1) is 13.6 Å². The van der Waals surface area contributed by atoms with Gasteiger partial charge in [0.2, 0.25) is 11.2 Å². The minimum atomic E-state index is -2.31. The Bertz CT molecular complexity index is 1710. The Morgan fingerprint density at radius 2 is 1.61 bits per heavy atom. The van der Waals surface area contributed by atoms with E-state index in [1.54, 1.807) is 19.1 Å². The summed E-state index contributed by atoms with van der Waals surface area (Å²) < 4.78 is 47.8. The Kier molecular flexibility index (Phi) is 4.06. The highest BCUT2D eigenvalue weighted by Crippen LogP contribution is 2.40. The van der Waals surface area contributed by atoms with Crippen LogP contribution in [0.15, 0.2) is 46.9 Å². The lowest BCUT2D eigenvalue weighted by molar-refractivity contribution is -0.633. The van der Waals surface area contributed by atoms with Crippen LogP contribution in [0.3, 0.4) is 0 Å². The molecule has 33 heavy (non-hydrogen) atoms. The summed E-state index contributed by atoms with van der Waals surface area (Å²) in [7, 11) is 0.229. The second-order valence-corrected chi connectivity index (χ2v) is 15.3. The first-order chi connectivity index (χ1) is 16.7. The first-order valence-electron chi connectivity index (χ1n) is 12.8. The van der Waals surface area contributed by atoms with Gasteiger partial charge in [0.25, 0.3) is 0 Å². The number of aryl methyl sites for hydroxylation is 4. The Balaban J connectivity index is 2.04. The first kappa shape index (κ1) is 18.4. The Morgan fingerprint density at radius 1 is 0.879 bits per heavy atom. The van der Waals surface area contributed by atoms with Crippen LogP contribution < -0.4 is 9.75 Å². The zero-order valence-corrected chi connectivity index (χ0v) is 21.3. The van der Waals surface area contributed by atoms with Crippen LogP contribution in [0.2, 0.25) is 19.6 Å². The summed E-state index contributed by atoms with van der Waals surface area (Å²) in [4.78, 5) is 0. The predicted molar refractivity (Wildman–Crippen MR) is 140 cm³/mol. The van der Waals surface area contributed by atoms with Gasteiger partial charge in [-0.3, -0.25) is 0 Å². The lowest BCUT2D eigenvalue weighted by Crippen LogP contribution is -2.43. The van der Waals surface area contributed by atoms with Crippen LogP contribution in [-0.4, -0.2) is 8.07 Å². The van der Waals surface area contributed by atoms with Crippen molar-refractivity contribution in [1.82, 2.24) is 0 Å². The van der Waals surface area contributed by atoms with E-state index in [4.69, 9.17) is 8.53 Å². The molecule has 0 amide bonds. The maximum atomic E-state index is 14.5. The monoisotopic (exact) mass is 459 g/mol. The molecule has 0 fully saturated rings. The third-order valence-electron chi connectivity index (χ3n) is 6.88. The number of halogens is 1. The molecule has 3 aromatic carbocycles. The molecular formula is C29H31FNOSi+. The van der Waals surface area contributed by atoms with Crippen LogP contribution in [0, 0.1) is 33.4 Å². The number of furan rings is 1. The Morgan fingerprint density at radius 3 is 2.30 bits per heavy atom. The topological polar surface area (TPSA) is 17.0 Å². The van der Waals surface area contributed by atoms with Crippen molar-refractivity contribution >= 4 is 46.1 Å². The van der Waals surface area contributed by atoms with Crippen LogP contribution in [-0.2, 0) is 7.05 Å². The van der Waals surface area contributed by atoms with Crippen molar-refractivity contribution in [2.45, 2.75) is 47.3 Å². The summed E-state index contributed by atoms with van der Waals surface area (Å²) in [5, 5.41) is 3.93. The molecule has 0 aliphatic rings. The van der Waals surface area contributed by atoms with E-state index >= 15 is 0 Å². The molecule has 0 aliphatic heterocycles. The van der Waals surface area contributed by atoms with Gasteiger partial charge in [-0.15, -0.1) is 0 Å². The van der Waals surface area contributed by atoms with Crippen molar-refractivity contribution in [3.63, 3.8) is 0 Å². The molecule has 2 aromatic heterocycles. The summed E-state index contributed by atoms with van der Waals surface area (Å²) in [6, 6.07) is 13.5. The third kappa shape index (κ3) is 3.23. The molecule has 0 spiro atoms. The van der Waals surface area contributed by atoms with Gasteiger partial charge in [0.1, 0.15) is 24.0 Å². The highest BCUT2D eigenvalue weighted by molar-refractivity contribution is 6.90.